The number of rotatable bonds is 49. The topological polar surface area (TPSA) is 149 Å². The molecule has 9 heteroatoms. The summed E-state index contributed by atoms with van der Waals surface area (Å²) in [5, 5.41) is 54.5. The first-order valence-electron chi connectivity index (χ1n) is 28.9. The number of hydrogen-bond acceptors (Lipinski definition) is 8. The molecule has 9 nitrogen and oxygen atoms in total. The Bertz CT molecular complexity index is 1210. The van der Waals surface area contributed by atoms with Crippen LogP contribution in [0, 0.1) is 0 Å². The first kappa shape index (κ1) is 64.2. The number of amides is 1. The van der Waals surface area contributed by atoms with Crippen LogP contribution in [0.5, 0.6) is 0 Å². The number of carbonyl (C=O) groups excluding carboxylic acids is 1. The van der Waals surface area contributed by atoms with E-state index in [1.54, 1.807) is 6.08 Å². The van der Waals surface area contributed by atoms with Crippen LogP contribution < -0.4 is 5.32 Å². The molecule has 1 aliphatic rings. The van der Waals surface area contributed by atoms with Crippen LogP contribution in [0.25, 0.3) is 0 Å². The van der Waals surface area contributed by atoms with Crippen molar-refractivity contribution in [1.29, 1.82) is 0 Å². The third kappa shape index (κ3) is 37.9. The average Bonchev–Trinajstić information content (AvgIpc) is 3.34. The van der Waals surface area contributed by atoms with Gasteiger partial charge in [0.05, 0.1) is 25.4 Å². The van der Waals surface area contributed by atoms with Crippen molar-refractivity contribution in [2.24, 2.45) is 0 Å². The molecule has 1 fully saturated rings. The molecule has 0 aromatic rings. The van der Waals surface area contributed by atoms with Crippen LogP contribution in [-0.2, 0) is 14.3 Å². The molecular weight excluding hydrogens is 851 g/mol. The third-order valence-corrected chi connectivity index (χ3v) is 13.6. The fourth-order valence-electron chi connectivity index (χ4n) is 9.05. The van der Waals surface area contributed by atoms with Gasteiger partial charge in [-0.2, -0.15) is 0 Å². The zero-order valence-electron chi connectivity index (χ0n) is 44.1. The molecule has 1 heterocycles. The number of ether oxygens (including phenoxy) is 2. The second-order valence-corrected chi connectivity index (χ2v) is 20.1. The molecule has 7 unspecified atom stereocenters. The maximum absolute atomic E-state index is 13.0. The summed E-state index contributed by atoms with van der Waals surface area (Å²) in [4.78, 5) is 13.0. The van der Waals surface area contributed by atoms with Crippen LogP contribution in [0.1, 0.15) is 264 Å². The first-order valence-corrected chi connectivity index (χ1v) is 28.9. The number of aliphatic hydroxyl groups excluding tert-OH is 5. The molecule has 0 saturated carbocycles. The number of nitrogens with one attached hydrogen (secondary N) is 1. The quantitative estimate of drug-likeness (QED) is 0.0261. The van der Waals surface area contributed by atoms with Gasteiger partial charge in [-0.3, -0.25) is 4.79 Å². The summed E-state index contributed by atoms with van der Waals surface area (Å²) in [6.45, 7) is 3.78. The maximum atomic E-state index is 13.0. The Morgan fingerprint density at radius 2 is 0.868 bits per heavy atom. The van der Waals surface area contributed by atoms with Gasteiger partial charge in [0, 0.05) is 6.42 Å². The first-order chi connectivity index (χ1) is 33.3. The van der Waals surface area contributed by atoms with Crippen LogP contribution in [0.15, 0.2) is 48.6 Å². The molecule has 0 radical (unpaired) electrons. The SMILES string of the molecule is CCCCCCC/C=C\C/C=C\C/C=C\CCCCCCCCCCCCCCCCC(=O)NC(COC1OC(CO)C(O)C(O)C1O)C(O)/C=C/CCCCCCCCCCCCCCCC. The van der Waals surface area contributed by atoms with Crippen molar-refractivity contribution in [3.05, 3.63) is 48.6 Å². The van der Waals surface area contributed by atoms with E-state index in [0.717, 1.165) is 51.4 Å². The Morgan fingerprint density at radius 3 is 1.28 bits per heavy atom. The van der Waals surface area contributed by atoms with Gasteiger partial charge >= 0.3 is 0 Å². The lowest BCUT2D eigenvalue weighted by atomic mass is 9.99. The monoisotopic (exact) mass is 960 g/mol. The summed E-state index contributed by atoms with van der Waals surface area (Å²) in [7, 11) is 0. The molecule has 1 rings (SSSR count). The second kappa shape index (κ2) is 48.8. The summed E-state index contributed by atoms with van der Waals surface area (Å²) < 4.78 is 11.3. The molecule has 0 bridgehead atoms. The molecule has 1 saturated heterocycles. The normalized spacial score (nSPS) is 19.9. The van der Waals surface area contributed by atoms with E-state index in [1.807, 2.05) is 6.08 Å². The van der Waals surface area contributed by atoms with Gasteiger partial charge in [-0.15, -0.1) is 0 Å². The Morgan fingerprint density at radius 1 is 0.500 bits per heavy atom. The number of allylic oxidation sites excluding steroid dienone is 7. The van der Waals surface area contributed by atoms with E-state index in [1.165, 1.54) is 193 Å². The zero-order valence-corrected chi connectivity index (χ0v) is 44.1. The van der Waals surface area contributed by atoms with Gasteiger partial charge in [-0.05, 0) is 57.8 Å². The molecule has 0 aromatic heterocycles. The van der Waals surface area contributed by atoms with Crippen LogP contribution in [0.3, 0.4) is 0 Å². The average molecular weight is 961 g/mol. The summed E-state index contributed by atoms with van der Waals surface area (Å²) in [6, 6.07) is -0.806. The Labute approximate surface area is 418 Å². The predicted molar refractivity (Wildman–Crippen MR) is 286 cm³/mol. The van der Waals surface area contributed by atoms with Crippen molar-refractivity contribution in [3.63, 3.8) is 0 Å². The minimum atomic E-state index is -1.57. The molecule has 1 amide bonds. The summed E-state index contributed by atoms with van der Waals surface area (Å²) in [5.74, 6) is -0.176. The lowest BCUT2D eigenvalue weighted by Crippen LogP contribution is -2.60. The number of carbonyl (C=O) groups is 1. The fraction of sp³-hybridized carbons (Fsp3) is 0.847. The van der Waals surface area contributed by atoms with Gasteiger partial charge in [-0.1, -0.05) is 249 Å². The van der Waals surface area contributed by atoms with Gasteiger partial charge in [0.2, 0.25) is 5.91 Å². The third-order valence-electron chi connectivity index (χ3n) is 13.6. The molecular formula is C59H109NO8. The minimum absolute atomic E-state index is 0.176. The van der Waals surface area contributed by atoms with Crippen LogP contribution in [0.4, 0.5) is 0 Å². The van der Waals surface area contributed by atoms with Crippen molar-refractivity contribution in [1.82, 2.24) is 5.32 Å². The van der Waals surface area contributed by atoms with E-state index in [4.69, 9.17) is 9.47 Å². The largest absolute Gasteiger partial charge is 0.394 e. The van der Waals surface area contributed by atoms with E-state index in [-0.39, 0.29) is 12.5 Å². The highest BCUT2D eigenvalue weighted by Crippen LogP contribution is 2.23. The number of unbranched alkanes of at least 4 members (excludes halogenated alkanes) is 33. The molecule has 0 aliphatic carbocycles. The van der Waals surface area contributed by atoms with Gasteiger partial charge < -0.3 is 40.3 Å². The Balaban J connectivity index is 2.19. The van der Waals surface area contributed by atoms with E-state index in [9.17, 15) is 30.3 Å². The molecule has 6 N–H and O–H groups in total. The zero-order chi connectivity index (χ0) is 49.4. The highest BCUT2D eigenvalue weighted by molar-refractivity contribution is 5.76. The van der Waals surface area contributed by atoms with Gasteiger partial charge in [0.15, 0.2) is 6.29 Å². The molecule has 0 spiro atoms. The van der Waals surface area contributed by atoms with E-state index in [2.05, 4.69) is 55.6 Å². The van der Waals surface area contributed by atoms with E-state index in [0.29, 0.717) is 6.42 Å². The molecule has 7 atom stereocenters. The van der Waals surface area contributed by atoms with Gasteiger partial charge in [-0.25, -0.2) is 0 Å². The van der Waals surface area contributed by atoms with Gasteiger partial charge in [0.1, 0.15) is 24.4 Å². The van der Waals surface area contributed by atoms with E-state index < -0.39 is 49.5 Å². The molecule has 68 heavy (non-hydrogen) atoms. The number of aliphatic hydroxyl groups is 5. The molecule has 398 valence electrons. The fourth-order valence-corrected chi connectivity index (χ4v) is 9.05. The minimum Gasteiger partial charge on any atom is -0.394 e. The van der Waals surface area contributed by atoms with Crippen molar-refractivity contribution in [2.75, 3.05) is 13.2 Å². The Kier molecular flexibility index (Phi) is 46.0. The number of hydrogen-bond donors (Lipinski definition) is 6. The lowest BCUT2D eigenvalue weighted by Gasteiger charge is -2.40. The second-order valence-electron chi connectivity index (χ2n) is 20.1. The molecule has 1 aliphatic heterocycles. The summed E-state index contributed by atoms with van der Waals surface area (Å²) >= 11 is 0. The standard InChI is InChI=1S/C59H109NO8/c1-3-5-7-9-11-13-15-17-19-21-22-23-24-25-26-27-28-29-30-31-32-33-35-37-39-41-43-45-47-49-55(63)60-52(51-67-59-58(66)57(65)56(64)54(50-61)68-59)53(62)48-46-44-42-40-38-36-34-20-18-16-14-12-10-8-6-4-2/h15,17,21-22,24-25,46,48,52-54,56-59,61-62,64-66H,3-14,16,18-20,23,26-45,47,49-51H2,1-2H3,(H,60,63)/b17-15-,22-21-,25-24-,48-46+. The van der Waals surface area contributed by atoms with Crippen LogP contribution >= 0.6 is 0 Å². The summed E-state index contributed by atoms with van der Waals surface area (Å²) in [6.07, 6.45) is 57.4. The van der Waals surface area contributed by atoms with Crippen LogP contribution in [0.2, 0.25) is 0 Å². The van der Waals surface area contributed by atoms with Crippen molar-refractivity contribution < 1.29 is 39.8 Å². The maximum Gasteiger partial charge on any atom is 0.220 e. The predicted octanol–water partition coefficient (Wildman–Crippen LogP) is 14.1. The van der Waals surface area contributed by atoms with Crippen molar-refractivity contribution in [2.45, 2.75) is 307 Å². The van der Waals surface area contributed by atoms with Gasteiger partial charge in [0.25, 0.3) is 0 Å². The smallest absolute Gasteiger partial charge is 0.220 e. The summed E-state index contributed by atoms with van der Waals surface area (Å²) in [5.41, 5.74) is 0. The highest BCUT2D eigenvalue weighted by Gasteiger charge is 2.44. The van der Waals surface area contributed by atoms with E-state index >= 15 is 0 Å². The van der Waals surface area contributed by atoms with Crippen molar-refractivity contribution >= 4 is 5.91 Å². The molecule has 0 aromatic carbocycles. The van der Waals surface area contributed by atoms with Crippen molar-refractivity contribution in [3.8, 4) is 0 Å². The Hall–Kier alpha value is -1.85. The van der Waals surface area contributed by atoms with Crippen LogP contribution in [-0.4, -0.2) is 87.5 Å². The highest BCUT2D eigenvalue weighted by atomic mass is 16.7. The lowest BCUT2D eigenvalue weighted by molar-refractivity contribution is -0.302.